The van der Waals surface area contributed by atoms with Gasteiger partial charge < -0.3 is 5.32 Å². The highest BCUT2D eigenvalue weighted by Crippen LogP contribution is 2.46. The van der Waals surface area contributed by atoms with E-state index in [0.717, 1.165) is 23.6 Å². The van der Waals surface area contributed by atoms with Crippen molar-refractivity contribution < 1.29 is 0 Å². The summed E-state index contributed by atoms with van der Waals surface area (Å²) < 4.78 is 0. The van der Waals surface area contributed by atoms with Crippen molar-refractivity contribution in [2.45, 2.75) is 62.8 Å². The largest absolute Gasteiger partial charge is 0.312 e. The highest BCUT2D eigenvalue weighted by Gasteiger charge is 2.29. The molecular weight excluding hydrogens is 304 g/mol. The maximum absolute atomic E-state index is 4.99. The second-order valence-corrected chi connectivity index (χ2v) is 9.77. The van der Waals surface area contributed by atoms with E-state index < -0.39 is 0 Å². The van der Waals surface area contributed by atoms with E-state index in [4.69, 9.17) is 4.98 Å². The minimum atomic E-state index is 0.520. The number of hydrogen-bond acceptors (Lipinski definition) is 5. The third-order valence-corrected chi connectivity index (χ3v) is 8.39. The van der Waals surface area contributed by atoms with Gasteiger partial charge in [-0.15, -0.1) is 23.1 Å². The number of thiazole rings is 1. The summed E-state index contributed by atoms with van der Waals surface area (Å²) in [6.07, 6.45) is 0. The fourth-order valence-electron chi connectivity index (χ4n) is 2.25. The second-order valence-electron chi connectivity index (χ2n) is 5.66. The first-order chi connectivity index (χ1) is 9.52. The lowest BCUT2D eigenvalue weighted by molar-refractivity contribution is 0.713. The molecule has 20 heavy (non-hydrogen) atoms. The van der Waals surface area contributed by atoms with Crippen LogP contribution in [0.5, 0.6) is 0 Å². The average Bonchev–Trinajstić information content (AvgIpc) is 2.84. The molecule has 0 saturated carbocycles. The second kappa shape index (κ2) is 7.52. The first-order valence-corrected chi connectivity index (χ1v) is 10.3. The molecule has 5 heteroatoms. The number of nitrogens with zero attached hydrogens (tertiary/aromatic N) is 1. The van der Waals surface area contributed by atoms with Crippen LogP contribution in [0.1, 0.15) is 61.4 Å². The van der Waals surface area contributed by atoms with Gasteiger partial charge in [-0.3, -0.25) is 0 Å². The molecule has 0 aromatic carbocycles. The van der Waals surface area contributed by atoms with Crippen LogP contribution in [0, 0.1) is 0 Å². The molecule has 3 unspecified atom stereocenters. The predicted molar refractivity (Wildman–Crippen MR) is 95.3 cm³/mol. The SMILES string of the molecule is CCNCc1sc(C2CSC(C)C(C)S2)nc1C(C)C. The van der Waals surface area contributed by atoms with Gasteiger partial charge in [0.1, 0.15) is 5.01 Å². The van der Waals surface area contributed by atoms with Crippen LogP contribution in [0.3, 0.4) is 0 Å². The first kappa shape index (κ1) is 16.7. The fourth-order valence-corrected chi connectivity index (χ4v) is 6.63. The molecule has 1 saturated heterocycles. The molecule has 1 aromatic heterocycles. The molecule has 0 amide bonds. The number of rotatable bonds is 5. The molecule has 0 aliphatic carbocycles. The van der Waals surface area contributed by atoms with E-state index in [1.165, 1.54) is 21.3 Å². The van der Waals surface area contributed by atoms with Crippen molar-refractivity contribution >= 4 is 34.9 Å². The Hall–Kier alpha value is 0.290. The Kier molecular flexibility index (Phi) is 6.26. The topological polar surface area (TPSA) is 24.9 Å². The molecule has 2 heterocycles. The van der Waals surface area contributed by atoms with Crippen molar-refractivity contribution in [1.82, 2.24) is 10.3 Å². The first-order valence-electron chi connectivity index (χ1n) is 7.50. The molecule has 1 N–H and O–H groups in total. The van der Waals surface area contributed by atoms with E-state index in [2.05, 4.69) is 63.5 Å². The van der Waals surface area contributed by atoms with Crippen LogP contribution in [0.2, 0.25) is 0 Å². The Morgan fingerprint density at radius 1 is 1.30 bits per heavy atom. The minimum absolute atomic E-state index is 0.520. The minimum Gasteiger partial charge on any atom is -0.312 e. The lowest BCUT2D eigenvalue weighted by atomic mass is 10.1. The van der Waals surface area contributed by atoms with Crippen molar-refractivity contribution in [2.24, 2.45) is 0 Å². The molecule has 114 valence electrons. The van der Waals surface area contributed by atoms with Gasteiger partial charge in [0.2, 0.25) is 0 Å². The van der Waals surface area contributed by atoms with Gasteiger partial charge in [0.25, 0.3) is 0 Å². The van der Waals surface area contributed by atoms with Crippen molar-refractivity contribution in [3.63, 3.8) is 0 Å². The van der Waals surface area contributed by atoms with Gasteiger partial charge in [0.05, 0.1) is 10.9 Å². The Bertz CT molecular complexity index is 431. The van der Waals surface area contributed by atoms with E-state index in [0.29, 0.717) is 11.2 Å². The molecule has 2 rings (SSSR count). The molecule has 3 atom stereocenters. The summed E-state index contributed by atoms with van der Waals surface area (Å²) in [5.41, 5.74) is 1.31. The van der Waals surface area contributed by atoms with Crippen LogP contribution in [0.4, 0.5) is 0 Å². The van der Waals surface area contributed by atoms with Gasteiger partial charge in [-0.25, -0.2) is 4.98 Å². The van der Waals surface area contributed by atoms with Crippen LogP contribution >= 0.6 is 34.9 Å². The molecular formula is C15H26N2S3. The standard InChI is InChI=1S/C15H26N2S3/c1-6-16-7-12-14(9(2)3)17-15(20-12)13-8-18-10(4)11(5)19-13/h9-11,13,16H,6-8H2,1-5H3. The smallest absolute Gasteiger partial charge is 0.107 e. The number of thioether (sulfide) groups is 2. The molecule has 1 aromatic rings. The fraction of sp³-hybridized carbons (Fsp3) is 0.800. The van der Waals surface area contributed by atoms with Gasteiger partial charge in [-0.2, -0.15) is 11.8 Å². The number of aromatic nitrogens is 1. The Balaban J connectivity index is 2.15. The zero-order chi connectivity index (χ0) is 14.7. The maximum Gasteiger partial charge on any atom is 0.107 e. The van der Waals surface area contributed by atoms with Crippen molar-refractivity contribution in [3.05, 3.63) is 15.6 Å². The normalized spacial score (nSPS) is 27.2. The van der Waals surface area contributed by atoms with Crippen LogP contribution in [0.15, 0.2) is 0 Å². The highest BCUT2D eigenvalue weighted by atomic mass is 32.2. The van der Waals surface area contributed by atoms with Crippen LogP contribution in [-0.4, -0.2) is 27.8 Å². The van der Waals surface area contributed by atoms with Crippen LogP contribution in [0.25, 0.3) is 0 Å². The lowest BCUT2D eigenvalue weighted by Crippen LogP contribution is -2.21. The molecule has 2 nitrogen and oxygen atoms in total. The van der Waals surface area contributed by atoms with E-state index >= 15 is 0 Å². The summed E-state index contributed by atoms with van der Waals surface area (Å²) in [4.78, 5) is 6.43. The van der Waals surface area contributed by atoms with Crippen LogP contribution in [-0.2, 0) is 6.54 Å². The van der Waals surface area contributed by atoms with Gasteiger partial charge in [-0.05, 0) is 12.5 Å². The summed E-state index contributed by atoms with van der Waals surface area (Å²) in [5, 5.41) is 6.87. The highest BCUT2D eigenvalue weighted by molar-refractivity contribution is 8.07. The zero-order valence-electron chi connectivity index (χ0n) is 13.1. The van der Waals surface area contributed by atoms with E-state index in [1.54, 1.807) is 0 Å². The van der Waals surface area contributed by atoms with Crippen molar-refractivity contribution in [3.8, 4) is 0 Å². The van der Waals surface area contributed by atoms with Gasteiger partial charge in [-0.1, -0.05) is 34.6 Å². The summed E-state index contributed by atoms with van der Waals surface area (Å²) in [5.74, 6) is 1.73. The summed E-state index contributed by atoms with van der Waals surface area (Å²) >= 11 is 6.14. The van der Waals surface area contributed by atoms with E-state index in [1.807, 2.05) is 11.3 Å². The summed E-state index contributed by atoms with van der Waals surface area (Å²) in [6.45, 7) is 13.4. The Labute approximate surface area is 135 Å². The van der Waals surface area contributed by atoms with Gasteiger partial charge >= 0.3 is 0 Å². The third kappa shape index (κ3) is 3.93. The van der Waals surface area contributed by atoms with Gasteiger partial charge in [0, 0.05) is 27.7 Å². The molecule has 0 spiro atoms. The number of hydrogen-bond donors (Lipinski definition) is 1. The Morgan fingerprint density at radius 3 is 2.65 bits per heavy atom. The summed E-state index contributed by atoms with van der Waals surface area (Å²) in [7, 11) is 0. The van der Waals surface area contributed by atoms with E-state index in [9.17, 15) is 0 Å². The number of nitrogens with one attached hydrogen (secondary N) is 1. The maximum atomic E-state index is 4.99. The molecule has 0 radical (unpaired) electrons. The lowest BCUT2D eigenvalue weighted by Gasteiger charge is -2.30. The summed E-state index contributed by atoms with van der Waals surface area (Å²) in [6, 6.07) is 0. The molecule has 1 aliphatic heterocycles. The monoisotopic (exact) mass is 330 g/mol. The van der Waals surface area contributed by atoms with E-state index in [-0.39, 0.29) is 0 Å². The van der Waals surface area contributed by atoms with Crippen LogP contribution < -0.4 is 5.32 Å². The predicted octanol–water partition coefficient (Wildman–Crippen LogP) is 4.67. The Morgan fingerprint density at radius 2 is 2.05 bits per heavy atom. The quantitative estimate of drug-likeness (QED) is 0.848. The third-order valence-electron chi connectivity index (χ3n) is 3.65. The molecule has 1 aliphatic rings. The van der Waals surface area contributed by atoms with Crippen molar-refractivity contribution in [1.29, 1.82) is 0 Å². The molecule has 1 fully saturated rings. The van der Waals surface area contributed by atoms with Crippen molar-refractivity contribution in [2.75, 3.05) is 12.3 Å². The van der Waals surface area contributed by atoms with Gasteiger partial charge in [0.15, 0.2) is 0 Å². The molecule has 0 bridgehead atoms. The average molecular weight is 331 g/mol. The zero-order valence-corrected chi connectivity index (χ0v) is 15.6.